The number of benzene rings is 2. The van der Waals surface area contributed by atoms with Crippen molar-refractivity contribution in [1.29, 1.82) is 0 Å². The van der Waals surface area contributed by atoms with Crippen LogP contribution >= 0.6 is 23.2 Å². The lowest BCUT2D eigenvalue weighted by atomic mass is 9.80. The van der Waals surface area contributed by atoms with E-state index >= 15 is 0 Å². The summed E-state index contributed by atoms with van der Waals surface area (Å²) in [6, 6.07) is 11.8. The molecule has 0 aromatic heterocycles. The van der Waals surface area contributed by atoms with Crippen molar-refractivity contribution in [2.24, 2.45) is 0 Å². The van der Waals surface area contributed by atoms with Crippen LogP contribution in [0.15, 0.2) is 42.5 Å². The maximum atomic E-state index is 9.09. The Morgan fingerprint density at radius 3 is 2.53 bits per heavy atom. The van der Waals surface area contributed by atoms with Crippen LogP contribution in [0, 0.1) is 0 Å². The van der Waals surface area contributed by atoms with Gasteiger partial charge in [0.25, 0.3) is 0 Å². The van der Waals surface area contributed by atoms with Gasteiger partial charge in [0, 0.05) is 5.02 Å². The summed E-state index contributed by atoms with van der Waals surface area (Å²) < 4.78 is 5.56. The Kier molecular flexibility index (Phi) is 4.72. The molecule has 0 amide bonds. The summed E-state index contributed by atoms with van der Waals surface area (Å²) in [5.74, 6) is 0.529. The van der Waals surface area contributed by atoms with Crippen LogP contribution < -0.4 is 10.2 Å². The van der Waals surface area contributed by atoms with Gasteiger partial charge in [-0.3, -0.25) is 0 Å². The summed E-state index contributed by atoms with van der Waals surface area (Å²) in [5.41, 5.74) is 1.24. The molecule has 0 spiro atoms. The highest BCUT2D eigenvalue weighted by Gasteiger charge is 2.11. The SMILES string of the molecule is OB(O)c1cccc(COc2ccc(Cl)cc2Cl)c1. The summed E-state index contributed by atoms with van der Waals surface area (Å²) >= 11 is 11.8. The molecule has 0 heterocycles. The molecule has 0 aliphatic heterocycles. The average molecular weight is 297 g/mol. The number of hydrogen-bond acceptors (Lipinski definition) is 3. The topological polar surface area (TPSA) is 49.7 Å². The first kappa shape index (κ1) is 14.2. The van der Waals surface area contributed by atoms with Crippen LogP contribution in [0.2, 0.25) is 10.0 Å². The van der Waals surface area contributed by atoms with E-state index in [1.54, 1.807) is 36.4 Å². The van der Waals surface area contributed by atoms with Crippen molar-refractivity contribution in [3.8, 4) is 5.75 Å². The monoisotopic (exact) mass is 296 g/mol. The van der Waals surface area contributed by atoms with Gasteiger partial charge in [-0.1, -0.05) is 47.5 Å². The molecule has 2 aromatic rings. The third kappa shape index (κ3) is 3.88. The zero-order chi connectivity index (χ0) is 13.8. The van der Waals surface area contributed by atoms with E-state index in [0.29, 0.717) is 21.3 Å². The van der Waals surface area contributed by atoms with Gasteiger partial charge in [-0.05, 0) is 29.2 Å². The first-order valence-corrected chi connectivity index (χ1v) is 6.34. The molecule has 6 heteroatoms. The smallest absolute Gasteiger partial charge is 0.487 e. The van der Waals surface area contributed by atoms with Gasteiger partial charge in [0.1, 0.15) is 12.4 Å². The van der Waals surface area contributed by atoms with Crippen LogP contribution in [0.3, 0.4) is 0 Å². The van der Waals surface area contributed by atoms with Crippen LogP contribution in [0.1, 0.15) is 5.56 Å². The minimum absolute atomic E-state index is 0.280. The molecule has 0 saturated carbocycles. The van der Waals surface area contributed by atoms with Crippen LogP contribution in [-0.2, 0) is 6.61 Å². The molecule has 98 valence electrons. The maximum absolute atomic E-state index is 9.09. The lowest BCUT2D eigenvalue weighted by Crippen LogP contribution is -2.29. The largest absolute Gasteiger partial charge is 0.488 e. The van der Waals surface area contributed by atoms with Crippen LogP contribution in [0.5, 0.6) is 5.75 Å². The molecule has 2 N–H and O–H groups in total. The van der Waals surface area contributed by atoms with Gasteiger partial charge in [0.05, 0.1) is 5.02 Å². The van der Waals surface area contributed by atoms with E-state index in [4.69, 9.17) is 38.0 Å². The van der Waals surface area contributed by atoms with E-state index < -0.39 is 7.12 Å². The quantitative estimate of drug-likeness (QED) is 0.851. The lowest BCUT2D eigenvalue weighted by molar-refractivity contribution is 0.306. The molecule has 0 saturated heterocycles. The van der Waals surface area contributed by atoms with Gasteiger partial charge >= 0.3 is 7.12 Å². The maximum Gasteiger partial charge on any atom is 0.488 e. The summed E-state index contributed by atoms with van der Waals surface area (Å²) in [4.78, 5) is 0. The second-order valence-electron chi connectivity index (χ2n) is 3.98. The van der Waals surface area contributed by atoms with Crippen LogP contribution in [0.4, 0.5) is 0 Å². The van der Waals surface area contributed by atoms with Crippen molar-refractivity contribution < 1.29 is 14.8 Å². The number of ether oxygens (including phenoxy) is 1. The number of halogens is 2. The first-order valence-electron chi connectivity index (χ1n) is 5.59. The summed E-state index contributed by atoms with van der Waals surface area (Å²) in [7, 11) is -1.49. The highest BCUT2D eigenvalue weighted by atomic mass is 35.5. The van der Waals surface area contributed by atoms with Crippen molar-refractivity contribution in [3.63, 3.8) is 0 Å². The molecule has 0 radical (unpaired) electrons. The van der Waals surface area contributed by atoms with E-state index in [1.807, 2.05) is 6.07 Å². The summed E-state index contributed by atoms with van der Waals surface area (Å²) in [5, 5.41) is 19.2. The normalized spacial score (nSPS) is 10.3. The van der Waals surface area contributed by atoms with Crippen molar-refractivity contribution in [3.05, 3.63) is 58.1 Å². The first-order chi connectivity index (χ1) is 9.06. The average Bonchev–Trinajstić information content (AvgIpc) is 2.38. The van der Waals surface area contributed by atoms with Crippen LogP contribution in [-0.4, -0.2) is 17.2 Å². The van der Waals surface area contributed by atoms with Crippen molar-refractivity contribution >= 4 is 35.8 Å². The highest BCUT2D eigenvalue weighted by Crippen LogP contribution is 2.28. The predicted molar refractivity (Wildman–Crippen MR) is 77.1 cm³/mol. The van der Waals surface area contributed by atoms with Gasteiger partial charge in [-0.15, -0.1) is 0 Å². The van der Waals surface area contributed by atoms with E-state index in [0.717, 1.165) is 5.56 Å². The fraction of sp³-hybridized carbons (Fsp3) is 0.0769. The van der Waals surface area contributed by atoms with Crippen molar-refractivity contribution in [2.75, 3.05) is 0 Å². The zero-order valence-electron chi connectivity index (χ0n) is 9.88. The van der Waals surface area contributed by atoms with Gasteiger partial charge in [0.2, 0.25) is 0 Å². The molecule has 0 atom stereocenters. The standard InChI is InChI=1S/C13H11BCl2O3/c15-11-4-5-13(12(16)7-11)19-8-9-2-1-3-10(6-9)14(17)18/h1-7,17-18H,8H2. The molecule has 0 fully saturated rings. The molecule has 2 rings (SSSR count). The lowest BCUT2D eigenvalue weighted by Gasteiger charge is -2.09. The third-order valence-corrected chi connectivity index (χ3v) is 3.07. The molecule has 0 aliphatic rings. The highest BCUT2D eigenvalue weighted by molar-refractivity contribution is 6.58. The van der Waals surface area contributed by atoms with E-state index in [9.17, 15) is 0 Å². The Morgan fingerprint density at radius 1 is 1.05 bits per heavy atom. The van der Waals surface area contributed by atoms with Crippen molar-refractivity contribution in [1.82, 2.24) is 0 Å². The third-order valence-electron chi connectivity index (χ3n) is 2.54. The molecular formula is C13H11BCl2O3. The minimum atomic E-state index is -1.49. The predicted octanol–water partition coefficient (Wildman–Crippen LogP) is 2.25. The van der Waals surface area contributed by atoms with Gasteiger partial charge < -0.3 is 14.8 Å². The fourth-order valence-corrected chi connectivity index (χ4v) is 2.06. The fourth-order valence-electron chi connectivity index (χ4n) is 1.60. The Labute approximate surface area is 121 Å². The Balaban J connectivity index is 2.08. The second-order valence-corrected chi connectivity index (χ2v) is 4.83. The van der Waals surface area contributed by atoms with E-state index in [2.05, 4.69) is 0 Å². The number of rotatable bonds is 4. The molecule has 0 unspecified atom stereocenters. The Hall–Kier alpha value is -1.20. The number of hydrogen-bond donors (Lipinski definition) is 2. The van der Waals surface area contributed by atoms with Gasteiger partial charge in [-0.2, -0.15) is 0 Å². The van der Waals surface area contributed by atoms with Gasteiger partial charge in [-0.25, -0.2) is 0 Å². The van der Waals surface area contributed by atoms with Crippen molar-refractivity contribution in [2.45, 2.75) is 6.61 Å². The van der Waals surface area contributed by atoms with E-state index in [1.165, 1.54) is 0 Å². The summed E-state index contributed by atoms with van der Waals surface area (Å²) in [6.45, 7) is 0.280. The van der Waals surface area contributed by atoms with Crippen LogP contribution in [0.25, 0.3) is 0 Å². The minimum Gasteiger partial charge on any atom is -0.487 e. The van der Waals surface area contributed by atoms with Gasteiger partial charge in [0.15, 0.2) is 0 Å². The molecule has 0 aliphatic carbocycles. The second kappa shape index (κ2) is 6.30. The zero-order valence-corrected chi connectivity index (χ0v) is 11.4. The molecule has 2 aromatic carbocycles. The molecule has 3 nitrogen and oxygen atoms in total. The molecule has 19 heavy (non-hydrogen) atoms. The Bertz CT molecular complexity index is 576. The Morgan fingerprint density at radius 2 is 1.84 bits per heavy atom. The molecule has 0 bridgehead atoms. The van der Waals surface area contributed by atoms with E-state index in [-0.39, 0.29) is 6.61 Å². The summed E-state index contributed by atoms with van der Waals surface area (Å²) in [6.07, 6.45) is 0. The molecular weight excluding hydrogens is 286 g/mol.